The summed E-state index contributed by atoms with van der Waals surface area (Å²) < 4.78 is 11.8. The highest BCUT2D eigenvalue weighted by Gasteiger charge is 2.42. The van der Waals surface area contributed by atoms with Crippen LogP contribution < -0.4 is 0 Å². The fourth-order valence-corrected chi connectivity index (χ4v) is 3.53. The van der Waals surface area contributed by atoms with Gasteiger partial charge >= 0.3 is 0 Å². The zero-order valence-electron chi connectivity index (χ0n) is 13.2. The molecule has 2 saturated heterocycles. The van der Waals surface area contributed by atoms with Gasteiger partial charge in [-0.1, -0.05) is 6.07 Å². The van der Waals surface area contributed by atoms with Gasteiger partial charge in [0.2, 0.25) is 0 Å². The Labute approximate surface area is 127 Å². The maximum Gasteiger partial charge on any atom is 0.0836 e. The topological polar surface area (TPSA) is 34.6 Å². The number of aryl methyl sites for hydroxylation is 1. The molecule has 1 aromatic heterocycles. The van der Waals surface area contributed by atoms with Crippen LogP contribution in [0.4, 0.5) is 0 Å². The minimum atomic E-state index is 0.0797. The minimum Gasteiger partial charge on any atom is -0.376 e. The molecular formula is C17H26N2O2. The molecule has 116 valence electrons. The Balaban J connectivity index is 1.51. The number of pyridine rings is 1. The second kappa shape index (κ2) is 6.42. The van der Waals surface area contributed by atoms with E-state index in [9.17, 15) is 0 Å². The predicted octanol–water partition coefficient (Wildman–Crippen LogP) is 2.55. The van der Waals surface area contributed by atoms with Gasteiger partial charge in [0.25, 0.3) is 0 Å². The van der Waals surface area contributed by atoms with Crippen LogP contribution in [0.2, 0.25) is 0 Å². The molecule has 1 unspecified atom stereocenters. The zero-order valence-corrected chi connectivity index (χ0v) is 13.2. The van der Waals surface area contributed by atoms with E-state index >= 15 is 0 Å². The van der Waals surface area contributed by atoms with E-state index in [0.717, 1.165) is 57.8 Å². The van der Waals surface area contributed by atoms with Crippen LogP contribution in [-0.4, -0.2) is 47.9 Å². The first-order chi connectivity index (χ1) is 10.2. The van der Waals surface area contributed by atoms with Crippen LogP contribution in [0.5, 0.6) is 0 Å². The van der Waals surface area contributed by atoms with E-state index in [0.29, 0.717) is 6.10 Å². The molecule has 1 atom stereocenters. The molecule has 4 heteroatoms. The maximum absolute atomic E-state index is 6.10. The van der Waals surface area contributed by atoms with Crippen LogP contribution in [0.3, 0.4) is 0 Å². The largest absolute Gasteiger partial charge is 0.376 e. The molecule has 4 nitrogen and oxygen atoms in total. The first-order valence-corrected chi connectivity index (χ1v) is 8.09. The van der Waals surface area contributed by atoms with Gasteiger partial charge in [-0.15, -0.1) is 0 Å². The van der Waals surface area contributed by atoms with Gasteiger partial charge in [-0.25, -0.2) is 0 Å². The van der Waals surface area contributed by atoms with Crippen LogP contribution in [0.15, 0.2) is 18.2 Å². The van der Waals surface area contributed by atoms with Gasteiger partial charge in [0.15, 0.2) is 0 Å². The average molecular weight is 290 g/mol. The summed E-state index contributed by atoms with van der Waals surface area (Å²) in [6, 6.07) is 6.26. The van der Waals surface area contributed by atoms with Gasteiger partial charge in [0.1, 0.15) is 0 Å². The summed E-state index contributed by atoms with van der Waals surface area (Å²) in [7, 11) is 0. The molecule has 3 rings (SSSR count). The quantitative estimate of drug-likeness (QED) is 0.853. The minimum absolute atomic E-state index is 0.0797. The first-order valence-electron chi connectivity index (χ1n) is 8.09. The fourth-order valence-electron chi connectivity index (χ4n) is 3.53. The van der Waals surface area contributed by atoms with Crippen molar-refractivity contribution in [1.29, 1.82) is 0 Å². The normalized spacial score (nSPS) is 25.5. The summed E-state index contributed by atoms with van der Waals surface area (Å²) in [5, 5.41) is 0. The lowest BCUT2D eigenvalue weighted by atomic mass is 9.88. The van der Waals surface area contributed by atoms with Crippen LogP contribution in [0.25, 0.3) is 0 Å². The number of nitrogens with zero attached hydrogens (tertiary/aromatic N) is 2. The SMILES string of the molecule is CCOC1COC2(CCN(Cc3cccc(C)n3)CC2)C1. The summed E-state index contributed by atoms with van der Waals surface area (Å²) in [6.45, 7) is 8.80. The molecule has 0 bridgehead atoms. The third-order valence-electron chi connectivity index (χ3n) is 4.68. The summed E-state index contributed by atoms with van der Waals surface area (Å²) in [5.74, 6) is 0. The molecular weight excluding hydrogens is 264 g/mol. The average Bonchev–Trinajstić information content (AvgIpc) is 2.85. The number of piperidine rings is 1. The van der Waals surface area contributed by atoms with Gasteiger partial charge in [-0.3, -0.25) is 9.88 Å². The van der Waals surface area contributed by atoms with Gasteiger partial charge < -0.3 is 9.47 Å². The summed E-state index contributed by atoms with van der Waals surface area (Å²) in [5.41, 5.74) is 2.35. The summed E-state index contributed by atoms with van der Waals surface area (Å²) in [4.78, 5) is 7.09. The third kappa shape index (κ3) is 3.62. The molecule has 3 heterocycles. The van der Waals surface area contributed by atoms with Gasteiger partial charge in [-0.05, 0) is 38.8 Å². The van der Waals surface area contributed by atoms with Crippen molar-refractivity contribution in [2.75, 3.05) is 26.3 Å². The molecule has 0 aromatic carbocycles. The molecule has 2 aliphatic rings. The molecule has 2 aliphatic heterocycles. The van der Waals surface area contributed by atoms with Gasteiger partial charge in [0.05, 0.1) is 24.0 Å². The number of hydrogen-bond donors (Lipinski definition) is 0. The Morgan fingerprint density at radius 2 is 2.19 bits per heavy atom. The number of rotatable bonds is 4. The van der Waals surface area contributed by atoms with Crippen molar-refractivity contribution in [2.45, 2.75) is 51.4 Å². The van der Waals surface area contributed by atoms with Crippen molar-refractivity contribution in [1.82, 2.24) is 9.88 Å². The Morgan fingerprint density at radius 3 is 2.90 bits per heavy atom. The molecule has 0 saturated carbocycles. The van der Waals surface area contributed by atoms with Crippen molar-refractivity contribution in [3.05, 3.63) is 29.6 Å². The number of ether oxygens (including phenoxy) is 2. The van der Waals surface area contributed by atoms with Crippen LogP contribution >= 0.6 is 0 Å². The third-order valence-corrected chi connectivity index (χ3v) is 4.68. The van der Waals surface area contributed by atoms with Crippen LogP contribution in [-0.2, 0) is 16.0 Å². The van der Waals surface area contributed by atoms with E-state index in [1.807, 2.05) is 0 Å². The summed E-state index contributed by atoms with van der Waals surface area (Å²) in [6.07, 6.45) is 3.60. The van der Waals surface area contributed by atoms with E-state index in [4.69, 9.17) is 9.47 Å². The van der Waals surface area contributed by atoms with E-state index < -0.39 is 0 Å². The van der Waals surface area contributed by atoms with Gasteiger partial charge in [-0.2, -0.15) is 0 Å². The van der Waals surface area contributed by atoms with E-state index in [2.05, 4.69) is 41.9 Å². The highest BCUT2D eigenvalue weighted by Crippen LogP contribution is 2.37. The Bertz CT molecular complexity index is 470. The zero-order chi connectivity index (χ0) is 14.7. The van der Waals surface area contributed by atoms with Crippen molar-refractivity contribution >= 4 is 0 Å². The lowest BCUT2D eigenvalue weighted by Crippen LogP contribution is -2.44. The van der Waals surface area contributed by atoms with E-state index in [1.165, 1.54) is 5.69 Å². The fraction of sp³-hybridized carbons (Fsp3) is 0.706. The number of aromatic nitrogens is 1. The molecule has 21 heavy (non-hydrogen) atoms. The van der Waals surface area contributed by atoms with Crippen molar-refractivity contribution in [3.8, 4) is 0 Å². The highest BCUT2D eigenvalue weighted by molar-refractivity contribution is 5.10. The maximum atomic E-state index is 6.10. The Morgan fingerprint density at radius 1 is 1.38 bits per heavy atom. The monoisotopic (exact) mass is 290 g/mol. The van der Waals surface area contributed by atoms with E-state index in [1.54, 1.807) is 0 Å². The molecule has 1 aromatic rings. The Kier molecular flexibility index (Phi) is 4.57. The second-order valence-electron chi connectivity index (χ2n) is 6.32. The highest BCUT2D eigenvalue weighted by atomic mass is 16.6. The molecule has 0 amide bonds. The Hall–Kier alpha value is -0.970. The predicted molar refractivity (Wildman–Crippen MR) is 82.2 cm³/mol. The van der Waals surface area contributed by atoms with Crippen molar-refractivity contribution in [3.63, 3.8) is 0 Å². The number of hydrogen-bond acceptors (Lipinski definition) is 4. The molecule has 0 N–H and O–H groups in total. The first kappa shape index (κ1) is 14.9. The summed E-state index contributed by atoms with van der Waals surface area (Å²) >= 11 is 0. The lowest BCUT2D eigenvalue weighted by Gasteiger charge is -2.38. The van der Waals surface area contributed by atoms with Crippen LogP contribution in [0, 0.1) is 6.92 Å². The van der Waals surface area contributed by atoms with E-state index in [-0.39, 0.29) is 5.60 Å². The standard InChI is InChI=1S/C17H26N2O2/c1-3-20-16-11-17(21-13-16)7-9-19(10-8-17)12-15-6-4-5-14(2)18-15/h4-6,16H,3,7-13H2,1-2H3. The van der Waals surface area contributed by atoms with Crippen molar-refractivity contribution in [2.24, 2.45) is 0 Å². The van der Waals surface area contributed by atoms with Crippen LogP contribution in [0.1, 0.15) is 37.6 Å². The second-order valence-corrected chi connectivity index (χ2v) is 6.32. The molecule has 0 aliphatic carbocycles. The molecule has 2 fully saturated rings. The molecule has 0 radical (unpaired) electrons. The van der Waals surface area contributed by atoms with Gasteiger partial charge in [0, 0.05) is 38.4 Å². The molecule has 1 spiro atoms. The van der Waals surface area contributed by atoms with Crippen molar-refractivity contribution < 1.29 is 9.47 Å². The smallest absolute Gasteiger partial charge is 0.0836 e. The lowest BCUT2D eigenvalue weighted by molar-refractivity contribution is -0.0466. The number of likely N-dealkylation sites (tertiary alicyclic amines) is 1.